The molecule has 0 unspecified atom stereocenters. The number of anilines is 1. The molecular formula is C13H22N4O2S. The number of ether oxygens (including phenoxy) is 1. The van der Waals surface area contributed by atoms with E-state index in [9.17, 15) is 4.79 Å². The predicted octanol–water partition coefficient (Wildman–Crippen LogP) is 2.66. The highest BCUT2D eigenvalue weighted by molar-refractivity contribution is 7.15. The zero-order valence-electron chi connectivity index (χ0n) is 12.5. The summed E-state index contributed by atoms with van der Waals surface area (Å²) in [5.41, 5.74) is -0.434. The molecule has 1 aliphatic rings. The Kier molecular flexibility index (Phi) is 4.47. The predicted molar refractivity (Wildman–Crippen MR) is 79.1 cm³/mol. The van der Waals surface area contributed by atoms with Gasteiger partial charge in [0.1, 0.15) is 10.6 Å². The van der Waals surface area contributed by atoms with Crippen molar-refractivity contribution in [1.82, 2.24) is 15.1 Å². The average Bonchev–Trinajstić information content (AvgIpc) is 2.73. The zero-order chi connectivity index (χ0) is 14.8. The fourth-order valence-electron chi connectivity index (χ4n) is 2.06. The Labute approximate surface area is 123 Å². The van der Waals surface area contributed by atoms with Crippen molar-refractivity contribution in [3.05, 3.63) is 5.01 Å². The first-order valence-electron chi connectivity index (χ1n) is 6.88. The molecule has 1 aliphatic heterocycles. The molecule has 1 amide bonds. The lowest BCUT2D eigenvalue weighted by molar-refractivity contribution is 0.0210. The number of aromatic nitrogens is 2. The van der Waals surface area contributed by atoms with Gasteiger partial charge in [-0.05, 0) is 40.5 Å². The minimum atomic E-state index is -0.434. The van der Waals surface area contributed by atoms with Crippen LogP contribution in [-0.4, -0.2) is 45.9 Å². The summed E-state index contributed by atoms with van der Waals surface area (Å²) in [5.74, 6) is 0. The second-order valence-electron chi connectivity index (χ2n) is 6.01. The van der Waals surface area contributed by atoms with Crippen LogP contribution in [0.25, 0.3) is 0 Å². The van der Waals surface area contributed by atoms with Crippen molar-refractivity contribution >= 4 is 22.6 Å². The maximum atomic E-state index is 11.9. The summed E-state index contributed by atoms with van der Waals surface area (Å²) in [7, 11) is 0. The second-order valence-corrected chi connectivity index (χ2v) is 7.19. The highest BCUT2D eigenvalue weighted by atomic mass is 32.1. The van der Waals surface area contributed by atoms with Crippen LogP contribution in [0, 0.1) is 6.92 Å². The van der Waals surface area contributed by atoms with E-state index in [1.54, 1.807) is 16.2 Å². The number of hydrogen-bond acceptors (Lipinski definition) is 6. The van der Waals surface area contributed by atoms with Gasteiger partial charge in [0.2, 0.25) is 5.13 Å². The van der Waals surface area contributed by atoms with Gasteiger partial charge in [0, 0.05) is 19.1 Å². The van der Waals surface area contributed by atoms with Crippen LogP contribution in [0.4, 0.5) is 9.93 Å². The van der Waals surface area contributed by atoms with Crippen LogP contribution in [0.3, 0.4) is 0 Å². The SMILES string of the molecule is Cc1nnc(NC2CCN(C(=O)OC(C)(C)C)CC2)s1. The van der Waals surface area contributed by atoms with Gasteiger partial charge in [0.05, 0.1) is 0 Å². The third-order valence-electron chi connectivity index (χ3n) is 3.00. The van der Waals surface area contributed by atoms with Gasteiger partial charge in [0.25, 0.3) is 0 Å². The molecule has 6 nitrogen and oxygen atoms in total. The van der Waals surface area contributed by atoms with E-state index in [1.165, 1.54) is 0 Å². The molecule has 0 saturated carbocycles. The average molecular weight is 298 g/mol. The highest BCUT2D eigenvalue weighted by Crippen LogP contribution is 2.20. The van der Waals surface area contributed by atoms with Gasteiger partial charge in [-0.25, -0.2) is 4.79 Å². The van der Waals surface area contributed by atoms with E-state index in [1.807, 2.05) is 27.7 Å². The summed E-state index contributed by atoms with van der Waals surface area (Å²) < 4.78 is 5.38. The van der Waals surface area contributed by atoms with E-state index >= 15 is 0 Å². The van der Waals surface area contributed by atoms with Gasteiger partial charge in [0.15, 0.2) is 0 Å². The molecule has 1 saturated heterocycles. The van der Waals surface area contributed by atoms with Crippen molar-refractivity contribution < 1.29 is 9.53 Å². The van der Waals surface area contributed by atoms with E-state index in [4.69, 9.17) is 4.74 Å². The fourth-order valence-corrected chi connectivity index (χ4v) is 2.73. The van der Waals surface area contributed by atoms with E-state index in [2.05, 4.69) is 15.5 Å². The van der Waals surface area contributed by atoms with Crippen LogP contribution in [0.2, 0.25) is 0 Å². The lowest BCUT2D eigenvalue weighted by Crippen LogP contribution is -2.44. The molecule has 112 valence electrons. The monoisotopic (exact) mass is 298 g/mol. The summed E-state index contributed by atoms with van der Waals surface area (Å²) >= 11 is 1.56. The molecule has 0 spiro atoms. The lowest BCUT2D eigenvalue weighted by Gasteiger charge is -2.33. The molecule has 1 aromatic heterocycles. The normalized spacial score (nSPS) is 17.1. The van der Waals surface area contributed by atoms with Crippen LogP contribution in [-0.2, 0) is 4.74 Å². The van der Waals surface area contributed by atoms with E-state index in [-0.39, 0.29) is 6.09 Å². The number of piperidine rings is 1. The Morgan fingerprint density at radius 3 is 2.50 bits per heavy atom. The van der Waals surface area contributed by atoms with E-state index in [0.717, 1.165) is 23.0 Å². The van der Waals surface area contributed by atoms with Gasteiger partial charge in [-0.15, -0.1) is 10.2 Å². The van der Waals surface area contributed by atoms with Crippen molar-refractivity contribution in [2.75, 3.05) is 18.4 Å². The minimum absolute atomic E-state index is 0.220. The zero-order valence-corrected chi connectivity index (χ0v) is 13.3. The number of amides is 1. The van der Waals surface area contributed by atoms with Gasteiger partial charge in [-0.1, -0.05) is 11.3 Å². The number of rotatable bonds is 2. The molecule has 7 heteroatoms. The fraction of sp³-hybridized carbons (Fsp3) is 0.769. The van der Waals surface area contributed by atoms with Crippen molar-refractivity contribution in [3.8, 4) is 0 Å². The Hall–Kier alpha value is -1.37. The van der Waals surface area contributed by atoms with Crippen molar-refractivity contribution in [2.24, 2.45) is 0 Å². The van der Waals surface area contributed by atoms with Gasteiger partial charge in [-0.3, -0.25) is 0 Å². The molecule has 1 aromatic rings. The lowest BCUT2D eigenvalue weighted by atomic mass is 10.1. The molecule has 20 heavy (non-hydrogen) atoms. The summed E-state index contributed by atoms with van der Waals surface area (Å²) in [4.78, 5) is 13.7. The van der Waals surface area contributed by atoms with Gasteiger partial charge >= 0.3 is 6.09 Å². The van der Waals surface area contributed by atoms with Crippen LogP contribution in [0.15, 0.2) is 0 Å². The number of nitrogens with one attached hydrogen (secondary N) is 1. The molecule has 0 aliphatic carbocycles. The third kappa shape index (κ3) is 4.33. The number of likely N-dealkylation sites (tertiary alicyclic amines) is 1. The molecular weight excluding hydrogens is 276 g/mol. The smallest absolute Gasteiger partial charge is 0.410 e. The molecule has 1 N–H and O–H groups in total. The first-order valence-corrected chi connectivity index (χ1v) is 7.70. The van der Waals surface area contributed by atoms with Crippen LogP contribution in [0.5, 0.6) is 0 Å². The molecule has 1 fully saturated rings. The first kappa shape index (κ1) is 15.0. The van der Waals surface area contributed by atoms with Gasteiger partial charge < -0.3 is 15.0 Å². The minimum Gasteiger partial charge on any atom is -0.444 e. The molecule has 0 radical (unpaired) electrons. The third-order valence-corrected chi connectivity index (χ3v) is 3.77. The first-order chi connectivity index (χ1) is 9.33. The number of aryl methyl sites for hydroxylation is 1. The number of nitrogens with zero attached hydrogens (tertiary/aromatic N) is 3. The standard InChI is InChI=1S/C13H22N4O2S/c1-9-15-16-11(20-9)14-10-5-7-17(8-6-10)12(18)19-13(2,3)4/h10H,5-8H2,1-4H3,(H,14,16). The summed E-state index contributed by atoms with van der Waals surface area (Å²) in [6, 6.07) is 0.348. The molecule has 0 bridgehead atoms. The molecule has 0 aromatic carbocycles. The van der Waals surface area contributed by atoms with Crippen LogP contribution >= 0.6 is 11.3 Å². The topological polar surface area (TPSA) is 67.4 Å². The van der Waals surface area contributed by atoms with E-state index in [0.29, 0.717) is 19.1 Å². The Bertz CT molecular complexity index is 461. The highest BCUT2D eigenvalue weighted by Gasteiger charge is 2.27. The summed E-state index contributed by atoms with van der Waals surface area (Å²) in [5, 5.41) is 13.2. The second kappa shape index (κ2) is 5.95. The quantitative estimate of drug-likeness (QED) is 0.909. The van der Waals surface area contributed by atoms with Gasteiger partial charge in [-0.2, -0.15) is 0 Å². The molecule has 0 atom stereocenters. The molecule has 2 heterocycles. The Morgan fingerprint density at radius 2 is 2.00 bits per heavy atom. The maximum absolute atomic E-state index is 11.9. The van der Waals surface area contributed by atoms with Crippen molar-refractivity contribution in [3.63, 3.8) is 0 Å². The Balaban J connectivity index is 1.79. The maximum Gasteiger partial charge on any atom is 0.410 e. The number of carbonyl (C=O) groups is 1. The largest absolute Gasteiger partial charge is 0.444 e. The molecule has 2 rings (SSSR count). The van der Waals surface area contributed by atoms with Crippen LogP contribution in [0.1, 0.15) is 38.6 Å². The van der Waals surface area contributed by atoms with Crippen molar-refractivity contribution in [1.29, 1.82) is 0 Å². The number of carbonyl (C=O) groups excluding carboxylic acids is 1. The van der Waals surface area contributed by atoms with Crippen molar-refractivity contribution in [2.45, 2.75) is 52.2 Å². The van der Waals surface area contributed by atoms with Crippen LogP contribution < -0.4 is 5.32 Å². The Morgan fingerprint density at radius 1 is 1.35 bits per heavy atom. The number of hydrogen-bond donors (Lipinski definition) is 1. The summed E-state index contributed by atoms with van der Waals surface area (Å²) in [6.07, 6.45) is 1.58. The summed E-state index contributed by atoms with van der Waals surface area (Å²) in [6.45, 7) is 9.02. The van der Waals surface area contributed by atoms with E-state index < -0.39 is 5.60 Å².